The van der Waals surface area contributed by atoms with Gasteiger partial charge in [-0.1, -0.05) is 0 Å². The zero-order valence-corrected chi connectivity index (χ0v) is 10.4. The minimum Gasteiger partial charge on any atom is -0.392 e. The van der Waals surface area contributed by atoms with E-state index in [1.165, 1.54) is 0 Å². The molecule has 2 saturated heterocycles. The molecule has 2 fully saturated rings. The van der Waals surface area contributed by atoms with Crippen LogP contribution in [-0.2, 0) is 9.84 Å². The molecule has 2 heterocycles. The van der Waals surface area contributed by atoms with Crippen molar-refractivity contribution in [3.63, 3.8) is 0 Å². The highest BCUT2D eigenvalue weighted by molar-refractivity contribution is 7.91. The minimum atomic E-state index is -2.82. The Morgan fingerprint density at radius 2 is 2.25 bits per heavy atom. The van der Waals surface area contributed by atoms with Crippen molar-refractivity contribution in [1.82, 2.24) is 10.2 Å². The largest absolute Gasteiger partial charge is 0.392 e. The van der Waals surface area contributed by atoms with E-state index in [1.54, 1.807) is 0 Å². The molecule has 3 atom stereocenters. The zero-order chi connectivity index (χ0) is 11.8. The topological polar surface area (TPSA) is 69.6 Å². The average molecular weight is 248 g/mol. The van der Waals surface area contributed by atoms with Crippen LogP contribution in [0.4, 0.5) is 0 Å². The van der Waals surface area contributed by atoms with Crippen LogP contribution in [0.3, 0.4) is 0 Å². The van der Waals surface area contributed by atoms with Gasteiger partial charge in [0.15, 0.2) is 9.84 Å². The predicted molar refractivity (Wildman–Crippen MR) is 62.1 cm³/mol. The second-order valence-corrected chi connectivity index (χ2v) is 7.18. The molecule has 6 heteroatoms. The summed E-state index contributed by atoms with van der Waals surface area (Å²) >= 11 is 0. The first-order valence-corrected chi connectivity index (χ1v) is 7.64. The van der Waals surface area contributed by atoms with Gasteiger partial charge in [-0.25, -0.2) is 8.42 Å². The monoisotopic (exact) mass is 248 g/mol. The Labute approximate surface area is 96.7 Å². The van der Waals surface area contributed by atoms with Crippen molar-refractivity contribution in [2.45, 2.75) is 31.5 Å². The van der Waals surface area contributed by atoms with Crippen molar-refractivity contribution in [1.29, 1.82) is 0 Å². The fourth-order valence-electron chi connectivity index (χ4n) is 2.52. The standard InChI is InChI=1S/C10H20N2O3S/c1-8-7-16(14,15)3-2-12(8)6-9-4-10(13)5-11-9/h8-11,13H,2-7H2,1H3. The molecule has 0 aromatic heterocycles. The summed E-state index contributed by atoms with van der Waals surface area (Å²) in [5.74, 6) is 0.537. The molecule has 0 aromatic carbocycles. The van der Waals surface area contributed by atoms with Crippen LogP contribution in [0.1, 0.15) is 13.3 Å². The summed E-state index contributed by atoms with van der Waals surface area (Å²) in [4.78, 5) is 2.21. The molecule has 16 heavy (non-hydrogen) atoms. The number of nitrogens with zero attached hydrogens (tertiary/aromatic N) is 1. The molecule has 0 aromatic rings. The number of hydrogen-bond donors (Lipinski definition) is 2. The molecule has 2 N–H and O–H groups in total. The van der Waals surface area contributed by atoms with Crippen LogP contribution in [0.5, 0.6) is 0 Å². The van der Waals surface area contributed by atoms with Gasteiger partial charge in [0.25, 0.3) is 0 Å². The number of sulfone groups is 1. The number of nitrogens with one attached hydrogen (secondary N) is 1. The lowest BCUT2D eigenvalue weighted by molar-refractivity contribution is 0.178. The van der Waals surface area contributed by atoms with Crippen molar-refractivity contribution in [3.05, 3.63) is 0 Å². The number of β-amino-alcohol motifs (C(OH)–C–C–N with tert-alkyl or cyclic N) is 1. The summed E-state index contributed by atoms with van der Waals surface area (Å²) in [5, 5.41) is 12.7. The molecule has 2 aliphatic heterocycles. The van der Waals surface area contributed by atoms with Gasteiger partial charge in [-0.15, -0.1) is 0 Å². The first kappa shape index (κ1) is 12.3. The van der Waals surface area contributed by atoms with Gasteiger partial charge in [-0.05, 0) is 13.3 Å². The summed E-state index contributed by atoms with van der Waals surface area (Å²) in [6.45, 7) is 4.08. The Morgan fingerprint density at radius 3 is 2.81 bits per heavy atom. The van der Waals surface area contributed by atoms with Crippen molar-refractivity contribution in [2.24, 2.45) is 0 Å². The van der Waals surface area contributed by atoms with Gasteiger partial charge in [0.1, 0.15) is 0 Å². The Bertz CT molecular complexity index is 344. The summed E-state index contributed by atoms with van der Waals surface area (Å²) in [5.41, 5.74) is 0. The molecule has 2 aliphatic rings. The van der Waals surface area contributed by atoms with Gasteiger partial charge in [0.05, 0.1) is 17.6 Å². The fourth-order valence-corrected chi connectivity index (χ4v) is 4.15. The normalized spacial score (nSPS) is 40.0. The maximum Gasteiger partial charge on any atom is 0.153 e. The molecule has 2 rings (SSSR count). The molecular formula is C10H20N2O3S. The zero-order valence-electron chi connectivity index (χ0n) is 9.59. The van der Waals surface area contributed by atoms with Crippen LogP contribution in [0.2, 0.25) is 0 Å². The Balaban J connectivity index is 1.87. The lowest BCUT2D eigenvalue weighted by Crippen LogP contribution is -2.50. The smallest absolute Gasteiger partial charge is 0.153 e. The lowest BCUT2D eigenvalue weighted by atomic mass is 10.1. The number of aliphatic hydroxyl groups is 1. The quantitative estimate of drug-likeness (QED) is 0.644. The SMILES string of the molecule is CC1CS(=O)(=O)CCN1CC1CC(O)CN1. The molecule has 0 bridgehead atoms. The summed E-state index contributed by atoms with van der Waals surface area (Å²) in [7, 11) is -2.82. The van der Waals surface area contributed by atoms with E-state index in [-0.39, 0.29) is 23.7 Å². The number of hydrogen-bond acceptors (Lipinski definition) is 5. The Morgan fingerprint density at radius 1 is 1.50 bits per heavy atom. The van der Waals surface area contributed by atoms with Gasteiger partial charge in [0.2, 0.25) is 0 Å². The van der Waals surface area contributed by atoms with Crippen LogP contribution in [-0.4, -0.2) is 67.8 Å². The van der Waals surface area contributed by atoms with Crippen molar-refractivity contribution in [2.75, 3.05) is 31.1 Å². The summed E-state index contributed by atoms with van der Waals surface area (Å²) in [6.07, 6.45) is 0.532. The van der Waals surface area contributed by atoms with E-state index < -0.39 is 9.84 Å². The molecule has 3 unspecified atom stereocenters. The second-order valence-electron chi connectivity index (χ2n) is 4.95. The summed E-state index contributed by atoms with van der Waals surface area (Å²) < 4.78 is 22.8. The first-order valence-electron chi connectivity index (χ1n) is 5.82. The highest BCUT2D eigenvalue weighted by Crippen LogP contribution is 2.15. The van der Waals surface area contributed by atoms with Crippen LogP contribution in [0.25, 0.3) is 0 Å². The molecule has 94 valence electrons. The van der Waals surface area contributed by atoms with Crippen LogP contribution >= 0.6 is 0 Å². The van der Waals surface area contributed by atoms with Gasteiger partial charge < -0.3 is 10.4 Å². The molecule has 0 radical (unpaired) electrons. The third-order valence-electron chi connectivity index (χ3n) is 3.46. The molecule has 0 saturated carbocycles. The molecule has 0 aliphatic carbocycles. The predicted octanol–water partition coefficient (Wildman–Crippen LogP) is -1.17. The Hall–Kier alpha value is -0.170. The van der Waals surface area contributed by atoms with E-state index in [4.69, 9.17) is 0 Å². The van der Waals surface area contributed by atoms with E-state index >= 15 is 0 Å². The minimum absolute atomic E-state index is 0.0956. The fraction of sp³-hybridized carbons (Fsp3) is 1.00. The molecule has 5 nitrogen and oxygen atoms in total. The molecule has 0 amide bonds. The maximum absolute atomic E-state index is 11.4. The molecular weight excluding hydrogens is 228 g/mol. The first-order chi connectivity index (χ1) is 7.46. The van der Waals surface area contributed by atoms with Gasteiger partial charge in [0, 0.05) is 31.7 Å². The van der Waals surface area contributed by atoms with Gasteiger partial charge in [-0.3, -0.25) is 4.90 Å². The number of rotatable bonds is 2. The van der Waals surface area contributed by atoms with Crippen molar-refractivity contribution < 1.29 is 13.5 Å². The van der Waals surface area contributed by atoms with Crippen molar-refractivity contribution in [3.8, 4) is 0 Å². The van der Waals surface area contributed by atoms with Gasteiger partial charge in [-0.2, -0.15) is 0 Å². The third kappa shape index (κ3) is 2.94. The van der Waals surface area contributed by atoms with E-state index in [0.717, 1.165) is 13.0 Å². The lowest BCUT2D eigenvalue weighted by Gasteiger charge is -2.34. The molecule has 0 spiro atoms. The van der Waals surface area contributed by atoms with Gasteiger partial charge >= 0.3 is 0 Å². The van der Waals surface area contributed by atoms with E-state index in [2.05, 4.69) is 10.2 Å². The second kappa shape index (κ2) is 4.60. The third-order valence-corrected chi connectivity index (χ3v) is 5.26. The number of aliphatic hydroxyl groups excluding tert-OH is 1. The highest BCUT2D eigenvalue weighted by Gasteiger charge is 2.31. The maximum atomic E-state index is 11.4. The van der Waals surface area contributed by atoms with Crippen LogP contribution < -0.4 is 5.32 Å². The van der Waals surface area contributed by atoms with E-state index in [1.807, 2.05) is 6.92 Å². The highest BCUT2D eigenvalue weighted by atomic mass is 32.2. The summed E-state index contributed by atoms with van der Waals surface area (Å²) in [6, 6.07) is 0.400. The van der Waals surface area contributed by atoms with Crippen LogP contribution in [0, 0.1) is 0 Å². The van der Waals surface area contributed by atoms with Crippen molar-refractivity contribution >= 4 is 9.84 Å². The Kier molecular flexibility index (Phi) is 3.53. The van der Waals surface area contributed by atoms with E-state index in [9.17, 15) is 13.5 Å². The average Bonchev–Trinajstić information content (AvgIpc) is 2.56. The van der Waals surface area contributed by atoms with E-state index in [0.29, 0.717) is 19.1 Å². The van der Waals surface area contributed by atoms with Crippen LogP contribution in [0.15, 0.2) is 0 Å².